The van der Waals surface area contributed by atoms with E-state index in [-0.39, 0.29) is 30.3 Å². The van der Waals surface area contributed by atoms with Crippen LogP contribution in [-0.2, 0) is 0 Å². The van der Waals surface area contributed by atoms with E-state index >= 15 is 0 Å². The Morgan fingerprint density at radius 3 is 2.43 bits per heavy atom. The molecular weight excluding hydrogens is 401 g/mol. The SMILES string of the molecule is COc1ccc(NC(=O)NCCOc2ccc(Cl)cc2)cc1OCC(F)(F)F. The van der Waals surface area contributed by atoms with Gasteiger partial charge in [-0.15, -0.1) is 0 Å². The molecule has 0 heterocycles. The van der Waals surface area contributed by atoms with E-state index in [2.05, 4.69) is 10.6 Å². The number of rotatable bonds is 8. The molecule has 0 aromatic heterocycles. The van der Waals surface area contributed by atoms with Gasteiger partial charge in [-0.1, -0.05) is 11.6 Å². The molecule has 0 bridgehead atoms. The highest BCUT2D eigenvalue weighted by molar-refractivity contribution is 6.30. The Hall–Kier alpha value is -2.81. The number of benzene rings is 2. The molecule has 0 aliphatic heterocycles. The van der Waals surface area contributed by atoms with Crippen molar-refractivity contribution in [3.63, 3.8) is 0 Å². The largest absolute Gasteiger partial charge is 0.493 e. The molecule has 0 fully saturated rings. The van der Waals surface area contributed by atoms with Gasteiger partial charge in [0.2, 0.25) is 0 Å². The number of carbonyl (C=O) groups excluding carboxylic acids is 1. The second kappa shape index (κ2) is 9.93. The number of alkyl halides is 3. The van der Waals surface area contributed by atoms with Crippen LogP contribution in [0.15, 0.2) is 42.5 Å². The first-order valence-corrected chi connectivity index (χ1v) is 8.45. The molecule has 2 N–H and O–H groups in total. The first-order valence-electron chi connectivity index (χ1n) is 8.07. The van der Waals surface area contributed by atoms with E-state index in [1.54, 1.807) is 24.3 Å². The van der Waals surface area contributed by atoms with Gasteiger partial charge in [-0.3, -0.25) is 0 Å². The van der Waals surface area contributed by atoms with Crippen molar-refractivity contribution in [2.45, 2.75) is 6.18 Å². The Morgan fingerprint density at radius 1 is 1.07 bits per heavy atom. The standard InChI is InChI=1S/C18H18ClF3N2O4/c1-26-15-7-4-13(10-16(15)28-11-18(20,21)22)24-17(25)23-8-9-27-14-5-2-12(19)3-6-14/h2-7,10H,8-9,11H2,1H3,(H2,23,24,25). The highest BCUT2D eigenvalue weighted by Crippen LogP contribution is 2.31. The molecule has 152 valence electrons. The lowest BCUT2D eigenvalue weighted by molar-refractivity contribution is -0.153. The van der Waals surface area contributed by atoms with Gasteiger partial charge in [-0.2, -0.15) is 13.2 Å². The third-order valence-electron chi connectivity index (χ3n) is 3.28. The van der Waals surface area contributed by atoms with Gasteiger partial charge >= 0.3 is 12.2 Å². The summed E-state index contributed by atoms with van der Waals surface area (Å²) in [5, 5.41) is 5.65. The molecule has 2 aromatic carbocycles. The van der Waals surface area contributed by atoms with Gasteiger partial charge < -0.3 is 24.8 Å². The number of halogens is 4. The molecule has 2 aromatic rings. The quantitative estimate of drug-likeness (QED) is 0.620. The van der Waals surface area contributed by atoms with Gasteiger partial charge in [0.05, 0.1) is 13.7 Å². The zero-order chi connectivity index (χ0) is 20.6. The van der Waals surface area contributed by atoms with Gasteiger partial charge in [-0.25, -0.2) is 4.79 Å². The lowest BCUT2D eigenvalue weighted by atomic mass is 10.2. The monoisotopic (exact) mass is 418 g/mol. The van der Waals surface area contributed by atoms with Crippen LogP contribution in [0.5, 0.6) is 17.2 Å². The third-order valence-corrected chi connectivity index (χ3v) is 3.53. The van der Waals surface area contributed by atoms with Gasteiger partial charge in [-0.05, 0) is 36.4 Å². The predicted molar refractivity (Wildman–Crippen MR) is 98.5 cm³/mol. The molecule has 0 atom stereocenters. The van der Waals surface area contributed by atoms with Gasteiger partial charge in [0.1, 0.15) is 12.4 Å². The van der Waals surface area contributed by atoms with Crippen molar-refractivity contribution in [1.82, 2.24) is 5.32 Å². The fraction of sp³-hybridized carbons (Fsp3) is 0.278. The minimum Gasteiger partial charge on any atom is -0.493 e. The highest BCUT2D eigenvalue weighted by atomic mass is 35.5. The molecule has 0 aliphatic carbocycles. The number of methoxy groups -OCH3 is 1. The predicted octanol–water partition coefficient (Wildman–Crippen LogP) is 4.49. The van der Waals surface area contributed by atoms with Crippen molar-refractivity contribution >= 4 is 23.3 Å². The van der Waals surface area contributed by atoms with Gasteiger partial charge in [0.25, 0.3) is 0 Å². The second-order valence-corrected chi connectivity index (χ2v) is 5.89. The minimum absolute atomic E-state index is 0.117. The summed E-state index contributed by atoms with van der Waals surface area (Å²) in [6.07, 6.45) is -4.49. The molecule has 0 spiro atoms. The topological polar surface area (TPSA) is 68.8 Å². The number of anilines is 1. The number of hydrogen-bond acceptors (Lipinski definition) is 4. The molecule has 28 heavy (non-hydrogen) atoms. The average molecular weight is 419 g/mol. The smallest absolute Gasteiger partial charge is 0.422 e. The van der Waals surface area contributed by atoms with Gasteiger partial charge in [0.15, 0.2) is 18.1 Å². The lowest BCUT2D eigenvalue weighted by Gasteiger charge is -2.14. The maximum atomic E-state index is 12.3. The third kappa shape index (κ3) is 7.43. The van der Waals surface area contributed by atoms with Crippen LogP contribution in [0.1, 0.15) is 0 Å². The summed E-state index contributed by atoms with van der Waals surface area (Å²) in [4.78, 5) is 11.9. The molecular formula is C18H18ClF3N2O4. The molecule has 2 amide bonds. The number of nitrogens with one attached hydrogen (secondary N) is 2. The van der Waals surface area contributed by atoms with Crippen molar-refractivity contribution in [1.29, 1.82) is 0 Å². The van der Waals surface area contributed by atoms with Crippen molar-refractivity contribution in [3.8, 4) is 17.2 Å². The Balaban J connectivity index is 1.82. The summed E-state index contributed by atoms with van der Waals surface area (Å²) >= 11 is 5.77. The van der Waals surface area contributed by atoms with Crippen LogP contribution in [0.25, 0.3) is 0 Å². The van der Waals surface area contributed by atoms with Crippen molar-refractivity contribution in [2.24, 2.45) is 0 Å². The lowest BCUT2D eigenvalue weighted by Crippen LogP contribution is -2.32. The fourth-order valence-corrected chi connectivity index (χ4v) is 2.19. The minimum atomic E-state index is -4.49. The fourth-order valence-electron chi connectivity index (χ4n) is 2.07. The zero-order valence-corrected chi connectivity index (χ0v) is 15.6. The number of ether oxygens (including phenoxy) is 3. The molecule has 0 unspecified atom stereocenters. The van der Waals surface area contributed by atoms with E-state index in [9.17, 15) is 18.0 Å². The maximum Gasteiger partial charge on any atom is 0.422 e. The summed E-state index contributed by atoms with van der Waals surface area (Å²) in [6, 6.07) is 10.3. The molecule has 6 nitrogen and oxygen atoms in total. The zero-order valence-electron chi connectivity index (χ0n) is 14.8. The number of hydrogen-bond donors (Lipinski definition) is 2. The molecule has 0 radical (unpaired) electrons. The first kappa shape index (κ1) is 21.5. The van der Waals surface area contributed by atoms with E-state index in [0.717, 1.165) is 0 Å². The Morgan fingerprint density at radius 2 is 1.79 bits per heavy atom. The van der Waals surface area contributed by atoms with Crippen LogP contribution in [0.4, 0.5) is 23.7 Å². The molecule has 10 heteroatoms. The van der Waals surface area contributed by atoms with Crippen molar-refractivity contribution in [2.75, 3.05) is 32.2 Å². The van der Waals surface area contributed by atoms with E-state index in [1.165, 1.54) is 25.3 Å². The Kier molecular flexibility index (Phi) is 7.62. The van der Waals surface area contributed by atoms with E-state index in [4.69, 9.17) is 25.8 Å². The summed E-state index contributed by atoms with van der Waals surface area (Å²) in [5.41, 5.74) is 0.245. The number of urea groups is 1. The summed E-state index contributed by atoms with van der Waals surface area (Å²) in [7, 11) is 1.30. The number of amides is 2. The average Bonchev–Trinajstić information content (AvgIpc) is 2.64. The summed E-state index contributed by atoms with van der Waals surface area (Å²) in [5.74, 6) is 0.587. The van der Waals surface area contributed by atoms with E-state index in [1.807, 2.05) is 0 Å². The normalized spacial score (nSPS) is 10.9. The van der Waals surface area contributed by atoms with Crippen LogP contribution in [0.3, 0.4) is 0 Å². The van der Waals surface area contributed by atoms with E-state index < -0.39 is 18.8 Å². The van der Waals surface area contributed by atoms with Crippen molar-refractivity contribution in [3.05, 3.63) is 47.5 Å². The van der Waals surface area contributed by atoms with Crippen LogP contribution < -0.4 is 24.8 Å². The molecule has 0 saturated carbocycles. The van der Waals surface area contributed by atoms with E-state index in [0.29, 0.717) is 10.8 Å². The summed E-state index contributed by atoms with van der Waals surface area (Å²) in [6.45, 7) is -1.04. The number of carbonyl (C=O) groups is 1. The first-order chi connectivity index (χ1) is 13.3. The van der Waals surface area contributed by atoms with Crippen molar-refractivity contribution < 1.29 is 32.2 Å². The molecule has 0 aliphatic rings. The summed E-state index contributed by atoms with van der Waals surface area (Å²) < 4.78 is 52.1. The van der Waals surface area contributed by atoms with Crippen LogP contribution in [0.2, 0.25) is 5.02 Å². The van der Waals surface area contributed by atoms with Crippen LogP contribution in [-0.4, -0.2) is 39.1 Å². The second-order valence-electron chi connectivity index (χ2n) is 5.45. The highest BCUT2D eigenvalue weighted by Gasteiger charge is 2.29. The molecule has 0 saturated heterocycles. The van der Waals surface area contributed by atoms with Crippen LogP contribution in [0, 0.1) is 0 Å². The molecule has 2 rings (SSSR count). The van der Waals surface area contributed by atoms with Gasteiger partial charge in [0, 0.05) is 16.8 Å². The Labute approximate surface area is 164 Å². The maximum absolute atomic E-state index is 12.3. The Bertz CT molecular complexity index is 785. The van der Waals surface area contributed by atoms with Crippen LogP contribution >= 0.6 is 11.6 Å².